The lowest BCUT2D eigenvalue weighted by molar-refractivity contribution is -0.129. The number of nitrogens with zero attached hydrogens (tertiary/aromatic N) is 3. The van der Waals surface area contributed by atoms with Crippen LogP contribution < -0.4 is 5.32 Å². The highest BCUT2D eigenvalue weighted by Crippen LogP contribution is 2.03. The number of aryl methyl sites for hydroxylation is 1. The van der Waals surface area contributed by atoms with E-state index in [0.717, 1.165) is 17.9 Å². The summed E-state index contributed by atoms with van der Waals surface area (Å²) < 4.78 is 7.11. The normalized spacial score (nSPS) is 12.3. The van der Waals surface area contributed by atoms with E-state index in [9.17, 15) is 4.79 Å². The van der Waals surface area contributed by atoms with Crippen LogP contribution in [0, 0.1) is 6.92 Å². The van der Waals surface area contributed by atoms with Crippen LogP contribution in [0.4, 0.5) is 0 Å². The quantitative estimate of drug-likeness (QED) is 0.837. The highest BCUT2D eigenvalue weighted by molar-refractivity contribution is 5.77. The molecule has 0 saturated heterocycles. The zero-order valence-electron chi connectivity index (χ0n) is 12.7. The molecule has 114 valence electrons. The van der Waals surface area contributed by atoms with Crippen molar-refractivity contribution >= 4 is 5.91 Å². The molecule has 2 aromatic heterocycles. The molecule has 0 fully saturated rings. The number of nitrogens with one attached hydrogen (secondary N) is 1. The van der Waals surface area contributed by atoms with Gasteiger partial charge in [-0.3, -0.25) is 9.48 Å². The topological polar surface area (TPSA) is 63.3 Å². The van der Waals surface area contributed by atoms with Crippen molar-refractivity contribution in [3.8, 4) is 0 Å². The van der Waals surface area contributed by atoms with Crippen molar-refractivity contribution in [1.29, 1.82) is 0 Å². The summed E-state index contributed by atoms with van der Waals surface area (Å²) in [6.07, 6.45) is 5.43. The van der Waals surface area contributed by atoms with Gasteiger partial charge in [0, 0.05) is 19.3 Å². The summed E-state index contributed by atoms with van der Waals surface area (Å²) in [4.78, 5) is 13.7. The fraction of sp³-hybridized carbons (Fsp3) is 0.467. The fourth-order valence-electron chi connectivity index (χ4n) is 2.03. The summed E-state index contributed by atoms with van der Waals surface area (Å²) in [6, 6.07) is 3.85. The molecular weight excluding hydrogens is 268 g/mol. The molecule has 0 radical (unpaired) electrons. The van der Waals surface area contributed by atoms with E-state index < -0.39 is 0 Å². The van der Waals surface area contributed by atoms with Crippen molar-refractivity contribution < 1.29 is 9.21 Å². The van der Waals surface area contributed by atoms with Crippen molar-refractivity contribution in [2.45, 2.75) is 33.0 Å². The Kier molecular flexibility index (Phi) is 5.16. The molecule has 2 heterocycles. The van der Waals surface area contributed by atoms with Crippen LogP contribution in [-0.4, -0.2) is 40.2 Å². The number of furan rings is 1. The lowest BCUT2D eigenvalue weighted by Gasteiger charge is -2.18. The third-order valence-electron chi connectivity index (χ3n) is 3.22. The van der Waals surface area contributed by atoms with Crippen LogP contribution in [0.2, 0.25) is 0 Å². The van der Waals surface area contributed by atoms with Gasteiger partial charge in [-0.25, -0.2) is 0 Å². The van der Waals surface area contributed by atoms with Crippen LogP contribution in [-0.2, 0) is 17.9 Å². The summed E-state index contributed by atoms with van der Waals surface area (Å²) in [7, 11) is 1.77. The molecule has 0 spiro atoms. The summed E-state index contributed by atoms with van der Waals surface area (Å²) in [6.45, 7) is 5.58. The Morgan fingerprint density at radius 2 is 2.38 bits per heavy atom. The molecule has 0 aliphatic rings. The van der Waals surface area contributed by atoms with Gasteiger partial charge in [0.05, 0.1) is 32.1 Å². The van der Waals surface area contributed by atoms with E-state index in [4.69, 9.17) is 4.42 Å². The molecule has 21 heavy (non-hydrogen) atoms. The summed E-state index contributed by atoms with van der Waals surface area (Å²) >= 11 is 0. The second-order valence-electron chi connectivity index (χ2n) is 5.35. The molecule has 1 amide bonds. The monoisotopic (exact) mass is 290 g/mol. The van der Waals surface area contributed by atoms with Gasteiger partial charge in [-0.05, 0) is 31.5 Å². The number of carbonyl (C=O) groups excluding carboxylic acids is 1. The van der Waals surface area contributed by atoms with Crippen molar-refractivity contribution in [3.05, 3.63) is 42.1 Å². The zero-order chi connectivity index (χ0) is 15.2. The molecule has 6 heteroatoms. The van der Waals surface area contributed by atoms with E-state index in [1.807, 2.05) is 43.1 Å². The number of aromatic nitrogens is 2. The number of amides is 1. The summed E-state index contributed by atoms with van der Waals surface area (Å²) in [5.74, 6) is 0.820. The number of carbonyl (C=O) groups is 1. The average molecular weight is 290 g/mol. The molecule has 0 saturated carbocycles. The molecule has 0 aliphatic carbocycles. The summed E-state index contributed by atoms with van der Waals surface area (Å²) in [5.41, 5.74) is 1.14. The number of hydrogen-bond acceptors (Lipinski definition) is 4. The van der Waals surface area contributed by atoms with Crippen LogP contribution in [0.5, 0.6) is 0 Å². The lowest BCUT2D eigenvalue weighted by Crippen LogP contribution is -2.40. The molecule has 0 bridgehead atoms. The van der Waals surface area contributed by atoms with Gasteiger partial charge in [0.1, 0.15) is 5.76 Å². The molecule has 1 unspecified atom stereocenters. The third-order valence-corrected chi connectivity index (χ3v) is 3.22. The molecule has 6 nitrogen and oxygen atoms in total. The van der Waals surface area contributed by atoms with Gasteiger partial charge in [0.15, 0.2) is 0 Å². The maximum Gasteiger partial charge on any atom is 0.236 e. The van der Waals surface area contributed by atoms with E-state index in [1.54, 1.807) is 18.2 Å². The van der Waals surface area contributed by atoms with Gasteiger partial charge in [-0.2, -0.15) is 5.10 Å². The Hall–Kier alpha value is -2.08. The van der Waals surface area contributed by atoms with Crippen molar-refractivity contribution in [2.75, 3.05) is 13.6 Å². The highest BCUT2D eigenvalue weighted by atomic mass is 16.3. The Balaban J connectivity index is 1.72. The first-order valence-electron chi connectivity index (χ1n) is 7.03. The van der Waals surface area contributed by atoms with Crippen LogP contribution in [0.15, 0.2) is 35.2 Å². The Morgan fingerprint density at radius 1 is 1.57 bits per heavy atom. The van der Waals surface area contributed by atoms with E-state index >= 15 is 0 Å². The van der Waals surface area contributed by atoms with E-state index in [0.29, 0.717) is 13.1 Å². The first-order chi connectivity index (χ1) is 10.0. The Bertz CT molecular complexity index is 562. The lowest BCUT2D eigenvalue weighted by atomic mass is 10.3. The maximum atomic E-state index is 12.0. The van der Waals surface area contributed by atoms with E-state index in [-0.39, 0.29) is 11.9 Å². The van der Waals surface area contributed by atoms with Gasteiger partial charge < -0.3 is 14.6 Å². The standard InChI is InChI=1S/C15H22N4O2/c1-12-7-17-19(9-12)10-13(2)16-8-15(20)18(3)11-14-5-4-6-21-14/h4-7,9,13,16H,8,10-11H2,1-3H3. The van der Waals surface area contributed by atoms with Crippen LogP contribution in [0.3, 0.4) is 0 Å². The maximum absolute atomic E-state index is 12.0. The van der Waals surface area contributed by atoms with Crippen molar-refractivity contribution in [3.63, 3.8) is 0 Å². The fourth-order valence-corrected chi connectivity index (χ4v) is 2.03. The van der Waals surface area contributed by atoms with Crippen molar-refractivity contribution in [1.82, 2.24) is 20.0 Å². The van der Waals surface area contributed by atoms with Gasteiger partial charge in [-0.15, -0.1) is 0 Å². The average Bonchev–Trinajstić information content (AvgIpc) is 3.08. The molecule has 0 aromatic carbocycles. The molecular formula is C15H22N4O2. The molecule has 2 rings (SSSR count). The third kappa shape index (κ3) is 4.75. The van der Waals surface area contributed by atoms with E-state index in [2.05, 4.69) is 10.4 Å². The number of rotatable bonds is 7. The second-order valence-corrected chi connectivity index (χ2v) is 5.35. The van der Waals surface area contributed by atoms with Crippen LogP contribution in [0.1, 0.15) is 18.2 Å². The predicted molar refractivity (Wildman–Crippen MR) is 79.6 cm³/mol. The molecule has 1 atom stereocenters. The largest absolute Gasteiger partial charge is 0.467 e. The van der Waals surface area contributed by atoms with Gasteiger partial charge in [0.25, 0.3) is 0 Å². The molecule has 2 aromatic rings. The minimum absolute atomic E-state index is 0.0369. The van der Waals surface area contributed by atoms with Crippen LogP contribution >= 0.6 is 0 Å². The first-order valence-corrected chi connectivity index (χ1v) is 7.03. The highest BCUT2D eigenvalue weighted by Gasteiger charge is 2.12. The molecule has 1 N–H and O–H groups in total. The number of likely N-dealkylation sites (N-methyl/N-ethyl adjacent to an activating group) is 1. The Labute approximate surface area is 124 Å². The summed E-state index contributed by atoms with van der Waals surface area (Å²) in [5, 5.41) is 7.45. The number of hydrogen-bond donors (Lipinski definition) is 1. The van der Waals surface area contributed by atoms with Gasteiger partial charge >= 0.3 is 0 Å². The Morgan fingerprint density at radius 3 is 3.00 bits per heavy atom. The SMILES string of the molecule is Cc1cnn(CC(C)NCC(=O)N(C)Cc2ccco2)c1. The van der Waals surface area contributed by atoms with Gasteiger partial charge in [-0.1, -0.05) is 0 Å². The predicted octanol–water partition coefficient (Wildman–Crippen LogP) is 1.42. The smallest absolute Gasteiger partial charge is 0.236 e. The second kappa shape index (κ2) is 7.08. The first kappa shape index (κ1) is 15.3. The minimum Gasteiger partial charge on any atom is -0.467 e. The van der Waals surface area contributed by atoms with Crippen LogP contribution in [0.25, 0.3) is 0 Å². The molecule has 0 aliphatic heterocycles. The van der Waals surface area contributed by atoms with E-state index in [1.165, 1.54) is 0 Å². The van der Waals surface area contributed by atoms with Crippen molar-refractivity contribution in [2.24, 2.45) is 0 Å². The minimum atomic E-state index is 0.0369. The zero-order valence-corrected chi connectivity index (χ0v) is 12.7. The van der Waals surface area contributed by atoms with Gasteiger partial charge in [0.2, 0.25) is 5.91 Å².